The molecule has 0 aliphatic carbocycles. The second-order valence-electron chi connectivity index (χ2n) is 3.33. The van der Waals surface area contributed by atoms with Gasteiger partial charge in [0.25, 0.3) is 0 Å². The number of thiazole rings is 1. The van der Waals surface area contributed by atoms with Crippen molar-refractivity contribution in [3.05, 3.63) is 40.9 Å². The van der Waals surface area contributed by atoms with Gasteiger partial charge in [0, 0.05) is 16.6 Å². The Morgan fingerprint density at radius 2 is 1.93 bits per heavy atom. The number of benzene rings is 1. The first-order valence-electron chi connectivity index (χ1n) is 4.81. The maximum absolute atomic E-state index is 4.36. The minimum atomic E-state index is 1.09. The zero-order valence-electron chi connectivity index (χ0n) is 8.45. The third-order valence-electron chi connectivity index (χ3n) is 2.23. The first-order chi connectivity index (χ1) is 6.79. The molecular formula is C12H13NS. The zero-order valence-corrected chi connectivity index (χ0v) is 9.27. The molecule has 0 amide bonds. The van der Waals surface area contributed by atoms with E-state index in [1.54, 1.807) is 11.3 Å². The Kier molecular flexibility index (Phi) is 2.64. The standard InChI is InChI=1S/C12H13NS/c1-3-10-4-6-11(7-5-10)12-13-8-9(2)14-12/h4-8H,3H2,1-2H3. The van der Waals surface area contributed by atoms with Gasteiger partial charge in [-0.1, -0.05) is 31.2 Å². The average molecular weight is 203 g/mol. The third kappa shape index (κ3) is 1.85. The molecule has 0 atom stereocenters. The van der Waals surface area contributed by atoms with Crippen molar-refractivity contribution in [2.45, 2.75) is 20.3 Å². The minimum absolute atomic E-state index is 1.09. The largest absolute Gasteiger partial charge is 0.244 e. The van der Waals surface area contributed by atoms with Crippen LogP contribution in [0.3, 0.4) is 0 Å². The van der Waals surface area contributed by atoms with E-state index in [2.05, 4.69) is 43.1 Å². The highest BCUT2D eigenvalue weighted by molar-refractivity contribution is 7.14. The van der Waals surface area contributed by atoms with E-state index >= 15 is 0 Å². The van der Waals surface area contributed by atoms with Gasteiger partial charge < -0.3 is 0 Å². The molecule has 2 rings (SSSR count). The van der Waals surface area contributed by atoms with Gasteiger partial charge >= 0.3 is 0 Å². The molecule has 0 N–H and O–H groups in total. The molecule has 0 unspecified atom stereocenters. The number of rotatable bonds is 2. The third-order valence-corrected chi connectivity index (χ3v) is 3.19. The molecule has 0 fully saturated rings. The molecule has 2 aromatic rings. The second-order valence-corrected chi connectivity index (χ2v) is 4.56. The predicted octanol–water partition coefficient (Wildman–Crippen LogP) is 3.68. The lowest BCUT2D eigenvalue weighted by atomic mass is 10.1. The van der Waals surface area contributed by atoms with Crippen LogP contribution < -0.4 is 0 Å². The fourth-order valence-electron chi connectivity index (χ4n) is 1.37. The highest BCUT2D eigenvalue weighted by Crippen LogP contribution is 2.24. The van der Waals surface area contributed by atoms with Crippen LogP contribution in [0.2, 0.25) is 0 Å². The van der Waals surface area contributed by atoms with Crippen LogP contribution in [0.1, 0.15) is 17.4 Å². The van der Waals surface area contributed by atoms with E-state index in [0.29, 0.717) is 0 Å². The van der Waals surface area contributed by atoms with Crippen LogP contribution in [0.5, 0.6) is 0 Å². The summed E-state index contributed by atoms with van der Waals surface area (Å²) in [6.07, 6.45) is 3.02. The fourth-order valence-corrected chi connectivity index (χ4v) is 2.14. The summed E-state index contributed by atoms with van der Waals surface area (Å²) in [5, 5.41) is 1.12. The SMILES string of the molecule is CCc1ccc(-c2ncc(C)s2)cc1. The zero-order chi connectivity index (χ0) is 9.97. The summed E-state index contributed by atoms with van der Waals surface area (Å²) < 4.78 is 0. The summed E-state index contributed by atoms with van der Waals surface area (Å²) in [4.78, 5) is 5.62. The monoisotopic (exact) mass is 203 g/mol. The quantitative estimate of drug-likeness (QED) is 0.725. The molecule has 1 aromatic carbocycles. The van der Waals surface area contributed by atoms with E-state index in [9.17, 15) is 0 Å². The van der Waals surface area contributed by atoms with E-state index < -0.39 is 0 Å². The van der Waals surface area contributed by atoms with Gasteiger partial charge in [-0.05, 0) is 18.9 Å². The van der Waals surface area contributed by atoms with Gasteiger partial charge in [0.15, 0.2) is 0 Å². The number of aromatic nitrogens is 1. The summed E-state index contributed by atoms with van der Waals surface area (Å²) in [7, 11) is 0. The van der Waals surface area contributed by atoms with Crippen LogP contribution >= 0.6 is 11.3 Å². The molecule has 0 bridgehead atoms. The normalized spacial score (nSPS) is 10.4. The fraction of sp³-hybridized carbons (Fsp3) is 0.250. The van der Waals surface area contributed by atoms with Gasteiger partial charge in [0.1, 0.15) is 5.01 Å². The number of nitrogens with zero attached hydrogens (tertiary/aromatic N) is 1. The molecule has 0 spiro atoms. The summed E-state index contributed by atoms with van der Waals surface area (Å²) in [5.74, 6) is 0. The first kappa shape index (κ1) is 9.41. The van der Waals surface area contributed by atoms with E-state index in [1.807, 2.05) is 6.20 Å². The Hall–Kier alpha value is -1.15. The maximum atomic E-state index is 4.36. The number of hydrogen-bond donors (Lipinski definition) is 0. The molecule has 0 radical (unpaired) electrons. The van der Waals surface area contributed by atoms with Crippen LogP contribution in [0, 0.1) is 6.92 Å². The molecule has 0 saturated carbocycles. The summed E-state index contributed by atoms with van der Waals surface area (Å²) in [6, 6.07) is 8.65. The Bertz CT molecular complexity index is 414. The Morgan fingerprint density at radius 1 is 1.21 bits per heavy atom. The highest BCUT2D eigenvalue weighted by atomic mass is 32.1. The van der Waals surface area contributed by atoms with Gasteiger partial charge in [-0.15, -0.1) is 11.3 Å². The summed E-state index contributed by atoms with van der Waals surface area (Å²) in [5.41, 5.74) is 2.60. The van der Waals surface area contributed by atoms with E-state index in [1.165, 1.54) is 16.0 Å². The van der Waals surface area contributed by atoms with E-state index in [0.717, 1.165) is 11.4 Å². The van der Waals surface area contributed by atoms with Gasteiger partial charge in [0.2, 0.25) is 0 Å². The van der Waals surface area contributed by atoms with Crippen LogP contribution in [0.4, 0.5) is 0 Å². The van der Waals surface area contributed by atoms with Crippen LogP contribution in [-0.2, 0) is 6.42 Å². The lowest BCUT2D eigenvalue weighted by Crippen LogP contribution is -1.79. The smallest absolute Gasteiger partial charge is 0.123 e. The molecule has 1 heterocycles. The molecule has 72 valence electrons. The molecule has 1 nitrogen and oxygen atoms in total. The summed E-state index contributed by atoms with van der Waals surface area (Å²) >= 11 is 1.74. The van der Waals surface area contributed by atoms with Crippen molar-refractivity contribution in [2.24, 2.45) is 0 Å². The predicted molar refractivity (Wildman–Crippen MR) is 61.7 cm³/mol. The average Bonchev–Trinajstić information content (AvgIpc) is 2.65. The molecule has 1 aromatic heterocycles. The van der Waals surface area contributed by atoms with Crippen molar-refractivity contribution < 1.29 is 0 Å². The Balaban J connectivity index is 2.33. The second kappa shape index (κ2) is 3.93. The van der Waals surface area contributed by atoms with Crippen molar-refractivity contribution in [3.63, 3.8) is 0 Å². The van der Waals surface area contributed by atoms with Crippen molar-refractivity contribution in [1.82, 2.24) is 4.98 Å². The number of aryl methyl sites for hydroxylation is 2. The highest BCUT2D eigenvalue weighted by Gasteiger charge is 2.01. The molecular weight excluding hydrogens is 190 g/mol. The van der Waals surface area contributed by atoms with Crippen molar-refractivity contribution >= 4 is 11.3 Å². The lowest BCUT2D eigenvalue weighted by molar-refractivity contribution is 1.14. The number of hydrogen-bond acceptors (Lipinski definition) is 2. The molecule has 0 saturated heterocycles. The van der Waals surface area contributed by atoms with E-state index in [4.69, 9.17) is 0 Å². The van der Waals surface area contributed by atoms with Crippen molar-refractivity contribution in [2.75, 3.05) is 0 Å². The van der Waals surface area contributed by atoms with Gasteiger partial charge in [-0.25, -0.2) is 4.98 Å². The Labute approximate surface area is 88.4 Å². The van der Waals surface area contributed by atoms with Crippen LogP contribution in [-0.4, -0.2) is 4.98 Å². The van der Waals surface area contributed by atoms with Crippen LogP contribution in [0.25, 0.3) is 10.6 Å². The van der Waals surface area contributed by atoms with Crippen molar-refractivity contribution in [3.8, 4) is 10.6 Å². The van der Waals surface area contributed by atoms with Crippen LogP contribution in [0.15, 0.2) is 30.5 Å². The molecule has 14 heavy (non-hydrogen) atoms. The molecule has 0 aliphatic rings. The minimum Gasteiger partial charge on any atom is -0.244 e. The maximum Gasteiger partial charge on any atom is 0.123 e. The lowest BCUT2D eigenvalue weighted by Gasteiger charge is -1.98. The summed E-state index contributed by atoms with van der Waals surface area (Å²) in [6.45, 7) is 4.25. The van der Waals surface area contributed by atoms with Crippen molar-refractivity contribution in [1.29, 1.82) is 0 Å². The Morgan fingerprint density at radius 3 is 2.43 bits per heavy atom. The first-order valence-corrected chi connectivity index (χ1v) is 5.63. The van der Waals surface area contributed by atoms with Gasteiger partial charge in [0.05, 0.1) is 0 Å². The molecule has 2 heteroatoms. The van der Waals surface area contributed by atoms with Gasteiger partial charge in [-0.2, -0.15) is 0 Å². The van der Waals surface area contributed by atoms with Gasteiger partial charge in [-0.3, -0.25) is 0 Å². The topological polar surface area (TPSA) is 12.9 Å². The molecule has 0 aliphatic heterocycles. The van der Waals surface area contributed by atoms with E-state index in [-0.39, 0.29) is 0 Å².